The number of hydrogen-bond donors (Lipinski definition) is 2. The summed E-state index contributed by atoms with van der Waals surface area (Å²) < 4.78 is 12.3. The molecule has 24 heavy (non-hydrogen) atoms. The third-order valence-electron chi connectivity index (χ3n) is 3.22. The van der Waals surface area contributed by atoms with Gasteiger partial charge in [-0.25, -0.2) is 4.98 Å². The zero-order valence-electron chi connectivity index (χ0n) is 13.6. The van der Waals surface area contributed by atoms with Crippen LogP contribution in [0.2, 0.25) is 0 Å². The Hall–Kier alpha value is -3.03. The number of nitrogens with two attached hydrogens (primary N) is 1. The van der Waals surface area contributed by atoms with Crippen LogP contribution in [0.3, 0.4) is 0 Å². The van der Waals surface area contributed by atoms with E-state index in [2.05, 4.69) is 10.3 Å². The maximum atomic E-state index is 12.3. The van der Waals surface area contributed by atoms with Crippen LogP contribution in [0.1, 0.15) is 17.3 Å². The summed E-state index contributed by atoms with van der Waals surface area (Å²) in [7, 11) is 1.45. The van der Waals surface area contributed by atoms with Gasteiger partial charge >= 0.3 is 0 Å². The Morgan fingerprint density at radius 1 is 1.38 bits per heavy atom. The van der Waals surface area contributed by atoms with Crippen molar-refractivity contribution < 1.29 is 19.1 Å². The van der Waals surface area contributed by atoms with Crippen LogP contribution in [0.15, 0.2) is 36.9 Å². The van der Waals surface area contributed by atoms with Gasteiger partial charge in [-0.2, -0.15) is 0 Å². The molecule has 0 bridgehead atoms. The van der Waals surface area contributed by atoms with E-state index in [0.29, 0.717) is 23.6 Å². The number of benzene rings is 1. The number of nitrogens with one attached hydrogen (secondary N) is 1. The summed E-state index contributed by atoms with van der Waals surface area (Å²) >= 11 is 0. The number of carbonyl (C=O) groups is 2. The SMILES string of the molecule is COc1cc(C(=O)NC(C)Cn2ccnc2)ccc1OCC(N)=O. The van der Waals surface area contributed by atoms with E-state index in [-0.39, 0.29) is 18.6 Å². The molecule has 2 rings (SSSR count). The van der Waals surface area contributed by atoms with Crippen LogP contribution in [-0.2, 0) is 11.3 Å². The number of imidazole rings is 1. The van der Waals surface area contributed by atoms with Crippen molar-refractivity contribution in [2.24, 2.45) is 5.73 Å². The van der Waals surface area contributed by atoms with Crippen LogP contribution >= 0.6 is 0 Å². The summed E-state index contributed by atoms with van der Waals surface area (Å²) in [6, 6.07) is 4.63. The second-order valence-electron chi connectivity index (χ2n) is 5.25. The number of ether oxygens (including phenoxy) is 2. The van der Waals surface area contributed by atoms with Crippen LogP contribution < -0.4 is 20.5 Å². The van der Waals surface area contributed by atoms with Crippen molar-refractivity contribution in [2.75, 3.05) is 13.7 Å². The standard InChI is InChI=1S/C16H20N4O4/c1-11(8-20-6-5-18-10-20)19-16(22)12-3-4-13(14(7-12)23-2)24-9-15(17)21/h3-7,10-11H,8-9H2,1-2H3,(H2,17,21)(H,19,22). The molecule has 8 nitrogen and oxygen atoms in total. The molecule has 0 saturated carbocycles. The second kappa shape index (κ2) is 8.00. The first-order chi connectivity index (χ1) is 11.5. The van der Waals surface area contributed by atoms with E-state index in [4.69, 9.17) is 15.2 Å². The normalized spacial score (nSPS) is 11.6. The fourth-order valence-corrected chi connectivity index (χ4v) is 2.14. The molecular formula is C16H20N4O4. The Morgan fingerprint density at radius 2 is 2.17 bits per heavy atom. The fraction of sp³-hybridized carbons (Fsp3) is 0.312. The van der Waals surface area contributed by atoms with Gasteiger partial charge in [-0.15, -0.1) is 0 Å². The molecule has 0 aliphatic heterocycles. The molecule has 0 fully saturated rings. The van der Waals surface area contributed by atoms with Gasteiger partial charge in [0.1, 0.15) is 0 Å². The minimum Gasteiger partial charge on any atom is -0.493 e. The molecule has 128 valence electrons. The highest BCUT2D eigenvalue weighted by molar-refractivity contribution is 5.95. The molecule has 1 unspecified atom stereocenters. The Balaban J connectivity index is 2.02. The lowest BCUT2D eigenvalue weighted by molar-refractivity contribution is -0.119. The molecule has 3 N–H and O–H groups in total. The van der Waals surface area contributed by atoms with Gasteiger partial charge in [-0.05, 0) is 25.1 Å². The van der Waals surface area contributed by atoms with Crippen molar-refractivity contribution in [2.45, 2.75) is 19.5 Å². The third kappa shape index (κ3) is 4.73. The molecule has 0 radical (unpaired) electrons. The second-order valence-corrected chi connectivity index (χ2v) is 5.25. The van der Waals surface area contributed by atoms with Gasteiger partial charge in [0.2, 0.25) is 0 Å². The summed E-state index contributed by atoms with van der Waals surface area (Å²) in [6.07, 6.45) is 5.21. The van der Waals surface area contributed by atoms with Gasteiger partial charge in [0, 0.05) is 30.5 Å². The van der Waals surface area contributed by atoms with E-state index >= 15 is 0 Å². The Labute approximate surface area is 139 Å². The molecule has 0 spiro atoms. The van der Waals surface area contributed by atoms with Gasteiger partial charge in [0.15, 0.2) is 18.1 Å². The number of carbonyl (C=O) groups excluding carboxylic acids is 2. The number of hydrogen-bond acceptors (Lipinski definition) is 5. The van der Waals surface area contributed by atoms with Crippen LogP contribution in [0, 0.1) is 0 Å². The fourth-order valence-electron chi connectivity index (χ4n) is 2.14. The Kier molecular flexibility index (Phi) is 5.78. The lowest BCUT2D eigenvalue weighted by atomic mass is 10.1. The smallest absolute Gasteiger partial charge is 0.255 e. The number of aromatic nitrogens is 2. The summed E-state index contributed by atoms with van der Waals surface area (Å²) in [5.74, 6) is -0.125. The molecule has 8 heteroatoms. The van der Waals surface area contributed by atoms with Gasteiger partial charge in [0.05, 0.1) is 13.4 Å². The summed E-state index contributed by atoms with van der Waals surface area (Å²) in [5.41, 5.74) is 5.47. The maximum Gasteiger partial charge on any atom is 0.255 e. The largest absolute Gasteiger partial charge is 0.493 e. The Bertz CT molecular complexity index is 700. The molecule has 0 saturated heterocycles. The van der Waals surface area contributed by atoms with Gasteiger partial charge in [0.25, 0.3) is 11.8 Å². The van der Waals surface area contributed by atoms with E-state index < -0.39 is 5.91 Å². The maximum absolute atomic E-state index is 12.3. The first kappa shape index (κ1) is 17.3. The van der Waals surface area contributed by atoms with E-state index in [0.717, 1.165) is 0 Å². The quantitative estimate of drug-likeness (QED) is 0.735. The lowest BCUT2D eigenvalue weighted by Crippen LogP contribution is -2.35. The molecular weight excluding hydrogens is 312 g/mol. The first-order valence-electron chi connectivity index (χ1n) is 7.35. The predicted octanol–water partition coefficient (Wildman–Crippen LogP) is 0.574. The Morgan fingerprint density at radius 3 is 2.79 bits per heavy atom. The average Bonchev–Trinajstić information content (AvgIpc) is 3.05. The van der Waals surface area contributed by atoms with Gasteiger partial charge < -0.3 is 25.1 Å². The van der Waals surface area contributed by atoms with Crippen LogP contribution in [0.4, 0.5) is 0 Å². The van der Waals surface area contributed by atoms with Crippen LogP contribution in [-0.4, -0.2) is 41.1 Å². The van der Waals surface area contributed by atoms with E-state index in [1.807, 2.05) is 17.7 Å². The zero-order chi connectivity index (χ0) is 17.5. The topological polar surface area (TPSA) is 108 Å². The molecule has 1 heterocycles. The third-order valence-corrected chi connectivity index (χ3v) is 3.22. The van der Waals surface area contributed by atoms with Crippen LogP contribution in [0.5, 0.6) is 11.5 Å². The summed E-state index contributed by atoms with van der Waals surface area (Å²) in [6.45, 7) is 2.26. The van der Waals surface area contributed by atoms with E-state index in [1.54, 1.807) is 30.7 Å². The monoisotopic (exact) mass is 332 g/mol. The number of primary amides is 1. The minimum absolute atomic E-state index is 0.0801. The van der Waals surface area contributed by atoms with Crippen molar-refractivity contribution in [1.29, 1.82) is 0 Å². The number of methoxy groups -OCH3 is 1. The number of nitrogens with zero attached hydrogens (tertiary/aromatic N) is 2. The van der Waals surface area contributed by atoms with Gasteiger partial charge in [-0.3, -0.25) is 9.59 Å². The van der Waals surface area contributed by atoms with Crippen LogP contribution in [0.25, 0.3) is 0 Å². The van der Waals surface area contributed by atoms with Crippen molar-refractivity contribution in [3.8, 4) is 11.5 Å². The molecule has 2 aromatic rings. The number of rotatable bonds is 8. The highest BCUT2D eigenvalue weighted by atomic mass is 16.5. The van der Waals surface area contributed by atoms with Crippen molar-refractivity contribution in [1.82, 2.24) is 14.9 Å². The average molecular weight is 332 g/mol. The van der Waals surface area contributed by atoms with E-state index in [9.17, 15) is 9.59 Å². The molecule has 1 aromatic heterocycles. The highest BCUT2D eigenvalue weighted by Crippen LogP contribution is 2.28. The summed E-state index contributed by atoms with van der Waals surface area (Å²) in [4.78, 5) is 27.1. The molecule has 1 atom stereocenters. The van der Waals surface area contributed by atoms with Crippen molar-refractivity contribution in [3.63, 3.8) is 0 Å². The molecule has 0 aliphatic carbocycles. The van der Waals surface area contributed by atoms with Crippen molar-refractivity contribution in [3.05, 3.63) is 42.5 Å². The minimum atomic E-state index is -0.591. The predicted molar refractivity (Wildman–Crippen MR) is 86.8 cm³/mol. The zero-order valence-corrected chi connectivity index (χ0v) is 13.6. The summed E-state index contributed by atoms with van der Waals surface area (Å²) in [5, 5.41) is 2.90. The molecule has 1 aromatic carbocycles. The van der Waals surface area contributed by atoms with Crippen molar-refractivity contribution >= 4 is 11.8 Å². The first-order valence-corrected chi connectivity index (χ1v) is 7.35. The highest BCUT2D eigenvalue weighted by Gasteiger charge is 2.14. The lowest BCUT2D eigenvalue weighted by Gasteiger charge is -2.15. The van der Waals surface area contributed by atoms with E-state index in [1.165, 1.54) is 7.11 Å². The number of amides is 2. The molecule has 2 amide bonds. The molecule has 0 aliphatic rings. The van der Waals surface area contributed by atoms with Gasteiger partial charge in [-0.1, -0.05) is 0 Å².